The second-order valence-corrected chi connectivity index (χ2v) is 10.8. The molecule has 0 unspecified atom stereocenters. The molecular formula is C22H21ClN4O3S2. The summed E-state index contributed by atoms with van der Waals surface area (Å²) in [4.78, 5) is 18.3. The highest BCUT2D eigenvalue weighted by atomic mass is 35.5. The van der Waals surface area contributed by atoms with E-state index in [4.69, 9.17) is 11.6 Å². The van der Waals surface area contributed by atoms with E-state index in [1.54, 1.807) is 37.3 Å². The smallest absolute Gasteiger partial charge is 0.257 e. The minimum Gasteiger partial charge on any atom is -0.322 e. The Hall–Kier alpha value is -2.72. The minimum absolute atomic E-state index is 0.0124. The quantitative estimate of drug-likeness (QED) is 0.414. The van der Waals surface area contributed by atoms with Crippen LogP contribution in [0.5, 0.6) is 0 Å². The van der Waals surface area contributed by atoms with Crippen LogP contribution in [0.4, 0.5) is 5.69 Å². The summed E-state index contributed by atoms with van der Waals surface area (Å²) in [7, 11) is -2.24. The SMILES string of the molecule is CC(C)N(C)S(=O)(=O)c1ccc(Cl)c(C(=O)Nc2ccc(-c3cn4ccsc4n3)cc2)c1. The number of anilines is 1. The van der Waals surface area contributed by atoms with Crippen LogP contribution in [0.2, 0.25) is 5.02 Å². The van der Waals surface area contributed by atoms with Crippen molar-refractivity contribution in [2.75, 3.05) is 12.4 Å². The fraction of sp³-hybridized carbons (Fsp3) is 0.182. The molecule has 0 radical (unpaired) electrons. The van der Waals surface area contributed by atoms with E-state index in [2.05, 4.69) is 10.3 Å². The summed E-state index contributed by atoms with van der Waals surface area (Å²) in [6.07, 6.45) is 3.89. The predicted octanol–water partition coefficient (Wildman–Crippen LogP) is 5.00. The van der Waals surface area contributed by atoms with E-state index < -0.39 is 15.9 Å². The van der Waals surface area contributed by atoms with Crippen molar-refractivity contribution in [1.82, 2.24) is 13.7 Å². The Morgan fingerprint density at radius 2 is 1.91 bits per heavy atom. The summed E-state index contributed by atoms with van der Waals surface area (Å²) < 4.78 is 28.8. The number of nitrogens with one attached hydrogen (secondary N) is 1. The van der Waals surface area contributed by atoms with Crippen LogP contribution < -0.4 is 5.32 Å². The van der Waals surface area contributed by atoms with Gasteiger partial charge in [0.25, 0.3) is 5.91 Å². The van der Waals surface area contributed by atoms with Gasteiger partial charge in [-0.1, -0.05) is 23.7 Å². The molecule has 1 amide bonds. The molecule has 0 saturated heterocycles. The van der Waals surface area contributed by atoms with E-state index in [-0.39, 0.29) is 21.5 Å². The number of benzene rings is 2. The third kappa shape index (κ3) is 4.29. The lowest BCUT2D eigenvalue weighted by Crippen LogP contribution is -2.33. The number of rotatable bonds is 6. The number of aromatic nitrogens is 2. The van der Waals surface area contributed by atoms with Crippen LogP contribution in [0.1, 0.15) is 24.2 Å². The first kappa shape index (κ1) is 22.5. The van der Waals surface area contributed by atoms with E-state index in [1.165, 1.54) is 29.6 Å². The standard InChI is InChI=1S/C22H21ClN4O3S2/c1-14(2)26(3)32(29,30)17-8-9-19(23)18(12-17)21(28)24-16-6-4-15(5-7-16)20-13-27-10-11-31-22(27)25-20/h4-14H,1-3H3,(H,24,28). The van der Waals surface area contributed by atoms with Crippen molar-refractivity contribution in [1.29, 1.82) is 0 Å². The van der Waals surface area contributed by atoms with Gasteiger partial charge in [0.2, 0.25) is 10.0 Å². The van der Waals surface area contributed by atoms with Crippen molar-refractivity contribution in [3.8, 4) is 11.3 Å². The third-order valence-electron chi connectivity index (χ3n) is 5.12. The Morgan fingerprint density at radius 1 is 1.19 bits per heavy atom. The first-order valence-corrected chi connectivity index (χ1v) is 12.5. The number of carbonyl (C=O) groups excluding carboxylic acids is 1. The lowest BCUT2D eigenvalue weighted by molar-refractivity contribution is 0.102. The summed E-state index contributed by atoms with van der Waals surface area (Å²) in [5.41, 5.74) is 2.40. The number of hydrogen-bond donors (Lipinski definition) is 1. The maximum Gasteiger partial charge on any atom is 0.257 e. The average molecular weight is 489 g/mol. The molecule has 0 aliphatic heterocycles. The topological polar surface area (TPSA) is 83.8 Å². The van der Waals surface area contributed by atoms with E-state index in [1.807, 2.05) is 34.3 Å². The van der Waals surface area contributed by atoms with Crippen molar-refractivity contribution in [3.05, 3.63) is 70.8 Å². The second kappa shape index (κ2) is 8.67. The molecule has 166 valence electrons. The Kier molecular flexibility index (Phi) is 6.09. The van der Waals surface area contributed by atoms with Crippen LogP contribution in [-0.2, 0) is 10.0 Å². The monoisotopic (exact) mass is 488 g/mol. The van der Waals surface area contributed by atoms with Crippen molar-refractivity contribution in [3.63, 3.8) is 0 Å². The summed E-state index contributed by atoms with van der Waals surface area (Å²) in [5.74, 6) is -0.491. The van der Waals surface area contributed by atoms with Gasteiger partial charge in [-0.2, -0.15) is 4.31 Å². The van der Waals surface area contributed by atoms with Crippen LogP contribution in [0.25, 0.3) is 16.2 Å². The number of fused-ring (bicyclic) bond motifs is 1. The zero-order valence-electron chi connectivity index (χ0n) is 17.6. The Labute approximate surface area is 195 Å². The lowest BCUT2D eigenvalue weighted by atomic mass is 10.1. The first-order chi connectivity index (χ1) is 15.2. The van der Waals surface area contributed by atoms with Crippen molar-refractivity contribution in [2.45, 2.75) is 24.8 Å². The molecule has 32 heavy (non-hydrogen) atoms. The van der Waals surface area contributed by atoms with Gasteiger partial charge >= 0.3 is 0 Å². The maximum atomic E-state index is 12.8. The number of nitrogens with zero attached hydrogens (tertiary/aromatic N) is 3. The molecule has 0 atom stereocenters. The van der Waals surface area contributed by atoms with E-state index in [0.29, 0.717) is 5.69 Å². The van der Waals surface area contributed by atoms with Crippen LogP contribution in [-0.4, -0.2) is 41.1 Å². The summed E-state index contributed by atoms with van der Waals surface area (Å²) in [5, 5.41) is 4.91. The van der Waals surface area contributed by atoms with Gasteiger partial charge in [-0.3, -0.25) is 9.20 Å². The summed E-state index contributed by atoms with van der Waals surface area (Å²) in [6.45, 7) is 3.55. The molecule has 2 heterocycles. The fourth-order valence-corrected chi connectivity index (χ4v) is 5.37. The van der Waals surface area contributed by atoms with Crippen LogP contribution in [0, 0.1) is 0 Å². The third-order valence-corrected chi connectivity index (χ3v) is 8.25. The van der Waals surface area contributed by atoms with Crippen LogP contribution in [0.3, 0.4) is 0 Å². The Morgan fingerprint density at radius 3 is 2.56 bits per heavy atom. The Bertz CT molecular complexity index is 1360. The van der Waals surface area contributed by atoms with E-state index >= 15 is 0 Å². The van der Waals surface area contributed by atoms with Crippen LogP contribution >= 0.6 is 22.9 Å². The molecule has 0 spiro atoms. The van der Waals surface area contributed by atoms with Gasteiger partial charge < -0.3 is 5.32 Å². The lowest BCUT2D eigenvalue weighted by Gasteiger charge is -2.21. The van der Waals surface area contributed by atoms with Gasteiger partial charge in [0.05, 0.1) is 21.2 Å². The number of thiazole rings is 1. The molecule has 0 saturated carbocycles. The predicted molar refractivity (Wildman–Crippen MR) is 128 cm³/mol. The second-order valence-electron chi connectivity index (χ2n) is 7.51. The average Bonchev–Trinajstić information content (AvgIpc) is 3.36. The molecule has 0 aliphatic carbocycles. The van der Waals surface area contributed by atoms with E-state index in [9.17, 15) is 13.2 Å². The van der Waals surface area contributed by atoms with Crippen molar-refractivity contribution < 1.29 is 13.2 Å². The molecule has 1 N–H and O–H groups in total. The fourth-order valence-electron chi connectivity index (χ4n) is 3.07. The summed E-state index contributed by atoms with van der Waals surface area (Å²) >= 11 is 7.76. The normalized spacial score (nSPS) is 12.1. The zero-order chi connectivity index (χ0) is 23.0. The largest absolute Gasteiger partial charge is 0.322 e. The number of imidazole rings is 1. The van der Waals surface area contributed by atoms with Gasteiger partial charge in [0.1, 0.15) is 0 Å². The molecule has 0 aliphatic rings. The molecule has 10 heteroatoms. The number of halogens is 1. The molecule has 7 nitrogen and oxygen atoms in total. The molecule has 4 aromatic rings. The van der Waals surface area contributed by atoms with Gasteiger partial charge in [-0.15, -0.1) is 11.3 Å². The van der Waals surface area contributed by atoms with Gasteiger partial charge in [-0.25, -0.2) is 13.4 Å². The molecular weight excluding hydrogens is 468 g/mol. The Balaban J connectivity index is 1.55. The van der Waals surface area contributed by atoms with Crippen LogP contribution in [0.15, 0.2) is 65.1 Å². The number of carbonyl (C=O) groups is 1. The van der Waals surface area contributed by atoms with Crippen molar-refractivity contribution in [2.24, 2.45) is 0 Å². The molecule has 2 aromatic carbocycles. The minimum atomic E-state index is -3.74. The van der Waals surface area contributed by atoms with Gasteiger partial charge in [0.15, 0.2) is 4.96 Å². The zero-order valence-corrected chi connectivity index (χ0v) is 20.0. The van der Waals surface area contributed by atoms with E-state index in [0.717, 1.165) is 16.2 Å². The molecule has 0 bridgehead atoms. The highest BCUT2D eigenvalue weighted by Crippen LogP contribution is 2.26. The summed E-state index contributed by atoms with van der Waals surface area (Å²) in [6, 6.07) is 11.2. The molecule has 0 fully saturated rings. The highest BCUT2D eigenvalue weighted by Gasteiger charge is 2.25. The molecule has 2 aromatic heterocycles. The van der Waals surface area contributed by atoms with Gasteiger partial charge in [0, 0.05) is 42.1 Å². The maximum absolute atomic E-state index is 12.8. The molecule has 4 rings (SSSR count). The van der Waals surface area contributed by atoms with Gasteiger partial charge in [-0.05, 0) is 44.2 Å². The van der Waals surface area contributed by atoms with Crippen molar-refractivity contribution >= 4 is 49.5 Å². The number of sulfonamides is 1. The number of amides is 1. The first-order valence-electron chi connectivity index (χ1n) is 9.78. The number of hydrogen-bond acceptors (Lipinski definition) is 5. The highest BCUT2D eigenvalue weighted by molar-refractivity contribution is 7.89.